The number of aromatic nitrogens is 1. The maximum atomic E-state index is 14.4. The van der Waals surface area contributed by atoms with Gasteiger partial charge in [-0.25, -0.2) is 4.79 Å². The minimum absolute atomic E-state index is 0.0605. The van der Waals surface area contributed by atoms with Crippen LogP contribution in [0, 0.1) is 0 Å². The number of aliphatic hydroxyl groups is 1. The molecule has 0 bridgehead atoms. The monoisotopic (exact) mass is 488 g/mol. The number of hydrogen-bond acceptors (Lipinski definition) is 4. The second-order valence-corrected chi connectivity index (χ2v) is 9.72. The van der Waals surface area contributed by atoms with Crippen LogP contribution >= 0.6 is 0 Å². The van der Waals surface area contributed by atoms with Gasteiger partial charge in [-0.2, -0.15) is 13.2 Å². The van der Waals surface area contributed by atoms with Crippen LogP contribution in [0.25, 0.3) is 10.9 Å². The van der Waals surface area contributed by atoms with Gasteiger partial charge < -0.3 is 19.7 Å². The number of carbonyl (C=O) groups is 1. The summed E-state index contributed by atoms with van der Waals surface area (Å²) in [7, 11) is 0. The fourth-order valence-electron chi connectivity index (χ4n) is 4.39. The molecular formula is C26H27F3N2O4. The second-order valence-electron chi connectivity index (χ2n) is 9.72. The van der Waals surface area contributed by atoms with Crippen molar-refractivity contribution in [3.63, 3.8) is 0 Å². The third-order valence-electron chi connectivity index (χ3n) is 6.30. The Labute approximate surface area is 200 Å². The molecule has 1 aliphatic rings. The Morgan fingerprint density at radius 3 is 2.43 bits per heavy atom. The van der Waals surface area contributed by atoms with E-state index in [1.807, 2.05) is 0 Å². The van der Waals surface area contributed by atoms with Crippen molar-refractivity contribution in [1.82, 2.24) is 9.88 Å². The summed E-state index contributed by atoms with van der Waals surface area (Å²) in [5, 5.41) is 14.0. The lowest BCUT2D eigenvalue weighted by molar-refractivity contribution is -0.271. The van der Waals surface area contributed by atoms with Gasteiger partial charge in [0.05, 0.1) is 12.1 Å². The normalized spacial score (nSPS) is 16.1. The average molecular weight is 489 g/mol. The predicted molar refractivity (Wildman–Crippen MR) is 125 cm³/mol. The van der Waals surface area contributed by atoms with E-state index < -0.39 is 36.3 Å². The number of rotatable bonds is 7. The molecule has 1 aromatic heterocycles. The first-order chi connectivity index (χ1) is 16.4. The lowest BCUT2D eigenvalue weighted by Gasteiger charge is -2.39. The number of fused-ring (bicyclic) bond motifs is 1. The van der Waals surface area contributed by atoms with Crippen LogP contribution in [0.5, 0.6) is 5.75 Å². The molecule has 3 aromatic rings. The molecule has 1 aliphatic carbocycles. The quantitative estimate of drug-likeness (QED) is 0.495. The molecule has 2 N–H and O–H groups in total. The number of benzene rings is 2. The van der Waals surface area contributed by atoms with E-state index in [2.05, 4.69) is 5.32 Å². The Kier molecular flexibility index (Phi) is 6.40. The lowest BCUT2D eigenvalue weighted by atomic mass is 9.74. The molecule has 1 heterocycles. The van der Waals surface area contributed by atoms with Crippen LogP contribution in [0.2, 0.25) is 0 Å². The zero-order valence-corrected chi connectivity index (χ0v) is 19.4. The average Bonchev–Trinajstić information content (AvgIpc) is 3.59. The zero-order chi connectivity index (χ0) is 25.4. The van der Waals surface area contributed by atoms with E-state index >= 15 is 0 Å². The van der Waals surface area contributed by atoms with Gasteiger partial charge in [0.1, 0.15) is 5.75 Å². The number of alkyl halides is 3. The maximum absolute atomic E-state index is 14.4. The second kappa shape index (κ2) is 9.03. The van der Waals surface area contributed by atoms with Crippen molar-refractivity contribution in [2.24, 2.45) is 0 Å². The van der Waals surface area contributed by atoms with Crippen LogP contribution in [0.1, 0.15) is 38.7 Å². The molecule has 0 radical (unpaired) electrons. The van der Waals surface area contributed by atoms with Crippen molar-refractivity contribution in [2.45, 2.75) is 62.9 Å². The number of halogens is 3. The summed E-state index contributed by atoms with van der Waals surface area (Å²) in [6.07, 6.45) is -3.38. The van der Waals surface area contributed by atoms with Gasteiger partial charge in [0.15, 0.2) is 11.0 Å². The number of amides is 1. The number of nitrogens with one attached hydrogen (secondary N) is 1. The van der Waals surface area contributed by atoms with Gasteiger partial charge in [0.2, 0.25) is 0 Å². The Bertz CT molecular complexity index is 1300. The Morgan fingerprint density at radius 2 is 1.74 bits per heavy atom. The molecule has 1 atom stereocenters. The summed E-state index contributed by atoms with van der Waals surface area (Å²) in [5.41, 5.74) is -4.05. The number of ether oxygens (including phenoxy) is 1. The smallest absolute Gasteiger partial charge is 0.410 e. The fourth-order valence-corrected chi connectivity index (χ4v) is 4.39. The molecule has 2 aromatic carbocycles. The summed E-state index contributed by atoms with van der Waals surface area (Å²) in [6.45, 7) is 2.31. The third kappa shape index (κ3) is 5.35. The fraction of sp³-hybridized carbons (Fsp3) is 0.385. The van der Waals surface area contributed by atoms with Crippen molar-refractivity contribution in [2.75, 3.05) is 0 Å². The minimum Gasteiger partial charge on any atom is -0.410 e. The van der Waals surface area contributed by atoms with Crippen LogP contribution in [0.3, 0.4) is 0 Å². The molecule has 1 unspecified atom stereocenters. The molecule has 6 nitrogen and oxygen atoms in total. The molecule has 9 heteroatoms. The molecule has 4 rings (SSSR count). The first-order valence-corrected chi connectivity index (χ1v) is 11.3. The van der Waals surface area contributed by atoms with Crippen LogP contribution in [0.4, 0.5) is 18.0 Å². The highest BCUT2D eigenvalue weighted by molar-refractivity contribution is 5.78. The molecular weight excluding hydrogens is 461 g/mol. The van der Waals surface area contributed by atoms with Crippen molar-refractivity contribution < 1.29 is 27.8 Å². The van der Waals surface area contributed by atoms with E-state index in [1.165, 1.54) is 29.0 Å². The lowest BCUT2D eigenvalue weighted by Crippen LogP contribution is -2.52. The van der Waals surface area contributed by atoms with Gasteiger partial charge in [-0.15, -0.1) is 0 Å². The van der Waals surface area contributed by atoms with Crippen LogP contribution in [-0.4, -0.2) is 33.6 Å². The standard InChI is InChI=1S/C26H27F3N2O4/c1-24(2,19-8-4-6-10-22(19)35-23(33)30-17-11-12-17)15-25(34,26(27,28)29)16-31-14-13-21(32)18-7-3-5-9-20(18)31/h3-10,13-14,17,34H,11-12,15-16H2,1-2H3,(H,30,33). The first-order valence-electron chi connectivity index (χ1n) is 11.3. The molecule has 1 saturated carbocycles. The van der Waals surface area contributed by atoms with Gasteiger partial charge in [-0.1, -0.05) is 44.2 Å². The molecule has 0 aliphatic heterocycles. The van der Waals surface area contributed by atoms with Gasteiger partial charge in [0.25, 0.3) is 0 Å². The van der Waals surface area contributed by atoms with E-state index in [9.17, 15) is 27.9 Å². The number of pyridine rings is 1. The number of carbonyl (C=O) groups excluding carboxylic acids is 1. The molecule has 0 saturated heterocycles. The highest BCUT2D eigenvalue weighted by Crippen LogP contribution is 2.44. The Hall–Kier alpha value is -3.33. The summed E-state index contributed by atoms with van der Waals surface area (Å²) < 4.78 is 49.7. The van der Waals surface area contributed by atoms with Crippen molar-refractivity contribution in [1.29, 1.82) is 0 Å². The van der Waals surface area contributed by atoms with Gasteiger partial charge in [-0.3, -0.25) is 4.79 Å². The summed E-state index contributed by atoms with van der Waals surface area (Å²) in [6, 6.07) is 13.9. The van der Waals surface area contributed by atoms with E-state index in [1.54, 1.807) is 50.2 Å². The number of hydrogen-bond donors (Lipinski definition) is 2. The molecule has 35 heavy (non-hydrogen) atoms. The maximum Gasteiger partial charge on any atom is 0.418 e. The highest BCUT2D eigenvalue weighted by atomic mass is 19.4. The molecule has 1 amide bonds. The predicted octanol–water partition coefficient (Wildman–Crippen LogP) is 4.91. The number of nitrogens with zero attached hydrogens (tertiary/aromatic N) is 1. The van der Waals surface area contributed by atoms with E-state index in [0.29, 0.717) is 11.1 Å². The summed E-state index contributed by atoms with van der Waals surface area (Å²) >= 11 is 0. The summed E-state index contributed by atoms with van der Waals surface area (Å²) in [4.78, 5) is 24.3. The first kappa shape index (κ1) is 24.8. The van der Waals surface area contributed by atoms with Gasteiger partial charge in [-0.05, 0) is 42.9 Å². The molecule has 1 fully saturated rings. The SMILES string of the molecule is CC(C)(CC(O)(Cn1ccc(=O)c2ccccc21)C(F)(F)F)c1ccccc1OC(=O)NC1CC1. The number of para-hydroxylation sites is 2. The van der Waals surface area contributed by atoms with Crippen LogP contribution < -0.4 is 15.5 Å². The van der Waals surface area contributed by atoms with Crippen LogP contribution in [-0.2, 0) is 12.0 Å². The molecule has 186 valence electrons. The minimum atomic E-state index is -4.98. The van der Waals surface area contributed by atoms with Crippen molar-refractivity contribution >= 4 is 17.0 Å². The zero-order valence-electron chi connectivity index (χ0n) is 19.4. The van der Waals surface area contributed by atoms with Crippen molar-refractivity contribution in [3.05, 3.63) is 76.6 Å². The summed E-state index contributed by atoms with van der Waals surface area (Å²) in [5.74, 6) is 0.133. The topological polar surface area (TPSA) is 80.6 Å². The largest absolute Gasteiger partial charge is 0.418 e. The highest BCUT2D eigenvalue weighted by Gasteiger charge is 2.56. The third-order valence-corrected chi connectivity index (χ3v) is 6.30. The molecule has 0 spiro atoms. The van der Waals surface area contributed by atoms with Crippen LogP contribution in [0.15, 0.2) is 65.6 Å². The van der Waals surface area contributed by atoms with Crippen molar-refractivity contribution in [3.8, 4) is 5.75 Å². The van der Waals surface area contributed by atoms with Gasteiger partial charge in [0, 0.05) is 29.3 Å². The Morgan fingerprint density at radius 1 is 1.09 bits per heavy atom. The van der Waals surface area contributed by atoms with E-state index in [-0.39, 0.29) is 22.6 Å². The van der Waals surface area contributed by atoms with Gasteiger partial charge >= 0.3 is 12.3 Å². The van der Waals surface area contributed by atoms with E-state index in [4.69, 9.17) is 4.74 Å². The Balaban J connectivity index is 1.67. The van der Waals surface area contributed by atoms with E-state index in [0.717, 1.165) is 12.8 Å².